The number of carbonyl (C=O) groups excluding carboxylic acids is 1. The van der Waals surface area contributed by atoms with Gasteiger partial charge in [0, 0.05) is 23.5 Å². The van der Waals surface area contributed by atoms with Gasteiger partial charge in [0.1, 0.15) is 5.76 Å². The number of aryl methyl sites for hydroxylation is 1. The number of aromatic nitrogens is 1. The van der Waals surface area contributed by atoms with Crippen LogP contribution in [0.1, 0.15) is 34.4 Å². The summed E-state index contributed by atoms with van der Waals surface area (Å²) in [5.41, 5.74) is 1.88. The van der Waals surface area contributed by atoms with Crippen LogP contribution in [0.3, 0.4) is 0 Å². The lowest BCUT2D eigenvalue weighted by Crippen LogP contribution is -1.98. The van der Waals surface area contributed by atoms with E-state index >= 15 is 0 Å². The molecule has 3 aromatic rings. The van der Waals surface area contributed by atoms with Crippen molar-refractivity contribution < 1.29 is 9.21 Å². The van der Waals surface area contributed by atoms with Gasteiger partial charge in [-0.25, -0.2) is 0 Å². The summed E-state index contributed by atoms with van der Waals surface area (Å²) in [4.78, 5) is 15.5. The fourth-order valence-electron chi connectivity index (χ4n) is 2.20. The average molecular weight is 264 g/mol. The number of hydrogen-bond donors (Lipinski definition) is 1. The van der Waals surface area contributed by atoms with Crippen molar-refractivity contribution in [1.82, 2.24) is 4.98 Å². The molecule has 2 aromatic heterocycles. The summed E-state index contributed by atoms with van der Waals surface area (Å²) < 4.78 is 5.50. The minimum absolute atomic E-state index is 0.175. The molecule has 98 valence electrons. The first-order valence-corrected chi connectivity index (χ1v) is 6.37. The molecule has 0 saturated heterocycles. The summed E-state index contributed by atoms with van der Waals surface area (Å²) >= 11 is 0. The molecule has 0 aliphatic heterocycles. The first-order valence-electron chi connectivity index (χ1n) is 6.37. The van der Waals surface area contributed by atoms with Crippen LogP contribution in [0.5, 0.6) is 0 Å². The maximum Gasteiger partial charge on any atom is 0.230 e. The first-order chi connectivity index (χ1) is 9.72. The number of nitrogens with one attached hydrogen (secondary N) is 1. The van der Waals surface area contributed by atoms with Crippen LogP contribution in [-0.4, -0.2) is 10.8 Å². The van der Waals surface area contributed by atoms with Crippen LogP contribution < -0.4 is 0 Å². The van der Waals surface area contributed by atoms with Crippen molar-refractivity contribution in [1.29, 1.82) is 5.26 Å². The Labute approximate surface area is 115 Å². The highest BCUT2D eigenvalue weighted by atomic mass is 16.3. The minimum Gasteiger partial charge on any atom is -0.458 e. The zero-order valence-corrected chi connectivity index (χ0v) is 10.9. The van der Waals surface area contributed by atoms with E-state index in [1.807, 2.05) is 13.0 Å². The topological polar surface area (TPSA) is 69.8 Å². The Hall–Kier alpha value is -2.80. The van der Waals surface area contributed by atoms with Gasteiger partial charge >= 0.3 is 0 Å². The highest BCUT2D eigenvalue weighted by Gasteiger charge is 2.17. The molecular formula is C16H12N2O2. The zero-order chi connectivity index (χ0) is 14.1. The fraction of sp³-hybridized carbons (Fsp3) is 0.125. The number of benzene rings is 1. The normalized spacial score (nSPS) is 10.6. The number of hydrogen-bond acceptors (Lipinski definition) is 3. The molecule has 0 aliphatic carbocycles. The van der Waals surface area contributed by atoms with Crippen molar-refractivity contribution in [2.45, 2.75) is 13.3 Å². The van der Waals surface area contributed by atoms with Crippen molar-refractivity contribution in [3.05, 3.63) is 59.2 Å². The number of fused-ring (bicyclic) bond motifs is 1. The Kier molecular flexibility index (Phi) is 2.88. The maximum atomic E-state index is 12.5. The second-order valence-corrected chi connectivity index (χ2v) is 4.52. The molecule has 0 unspecified atom stereocenters. The van der Waals surface area contributed by atoms with Gasteiger partial charge in [-0.3, -0.25) is 4.79 Å². The van der Waals surface area contributed by atoms with Crippen LogP contribution in [0.15, 0.2) is 40.9 Å². The van der Waals surface area contributed by atoms with E-state index in [1.165, 1.54) is 0 Å². The molecule has 1 aromatic carbocycles. The Bertz CT molecular complexity index is 834. The molecule has 0 saturated carbocycles. The lowest BCUT2D eigenvalue weighted by atomic mass is 10.1. The van der Waals surface area contributed by atoms with Gasteiger partial charge in [-0.15, -0.1) is 0 Å². The standard InChI is InChI=1S/C16H12N2O2/c1-2-11-4-6-15(20-11)16(19)13-9-18-14-5-3-10(8-17)7-12(13)14/h3-7,9,18H,2H2,1H3. The van der Waals surface area contributed by atoms with Gasteiger partial charge in [0.25, 0.3) is 0 Å². The first kappa shape index (κ1) is 12.2. The molecule has 0 spiro atoms. The number of carbonyl (C=O) groups is 1. The van der Waals surface area contributed by atoms with Gasteiger partial charge in [-0.2, -0.15) is 5.26 Å². The van der Waals surface area contributed by atoms with E-state index in [0.717, 1.165) is 23.1 Å². The summed E-state index contributed by atoms with van der Waals surface area (Å²) in [6.07, 6.45) is 2.40. The fourth-order valence-corrected chi connectivity index (χ4v) is 2.20. The van der Waals surface area contributed by atoms with E-state index in [4.69, 9.17) is 9.68 Å². The number of H-pyrrole nitrogens is 1. The number of ketones is 1. The molecule has 0 atom stereocenters. The maximum absolute atomic E-state index is 12.5. The number of rotatable bonds is 3. The largest absolute Gasteiger partial charge is 0.458 e. The minimum atomic E-state index is -0.175. The monoisotopic (exact) mass is 264 g/mol. The number of nitrogens with zero attached hydrogens (tertiary/aromatic N) is 1. The van der Waals surface area contributed by atoms with Crippen molar-refractivity contribution in [2.24, 2.45) is 0 Å². The predicted molar refractivity (Wildman–Crippen MR) is 74.5 cm³/mol. The molecule has 4 heteroatoms. The van der Waals surface area contributed by atoms with Crippen LogP contribution in [0.4, 0.5) is 0 Å². The van der Waals surface area contributed by atoms with Crippen molar-refractivity contribution in [3.63, 3.8) is 0 Å². The van der Waals surface area contributed by atoms with Gasteiger partial charge in [-0.1, -0.05) is 6.92 Å². The molecule has 2 heterocycles. The van der Waals surface area contributed by atoms with Crippen molar-refractivity contribution >= 4 is 16.7 Å². The third-order valence-corrected chi connectivity index (χ3v) is 3.29. The Morgan fingerprint density at radius 3 is 2.90 bits per heavy atom. The van der Waals surface area contributed by atoms with E-state index in [2.05, 4.69) is 11.1 Å². The van der Waals surface area contributed by atoms with Crippen LogP contribution in [0, 0.1) is 11.3 Å². The van der Waals surface area contributed by atoms with Crippen LogP contribution in [0.2, 0.25) is 0 Å². The van der Waals surface area contributed by atoms with E-state index < -0.39 is 0 Å². The van der Waals surface area contributed by atoms with E-state index in [9.17, 15) is 4.79 Å². The summed E-state index contributed by atoms with van der Waals surface area (Å²) in [6.45, 7) is 1.97. The summed E-state index contributed by atoms with van der Waals surface area (Å²) in [7, 11) is 0. The van der Waals surface area contributed by atoms with Gasteiger partial charge < -0.3 is 9.40 Å². The molecule has 4 nitrogen and oxygen atoms in total. The molecule has 0 radical (unpaired) electrons. The molecule has 3 rings (SSSR count). The molecular weight excluding hydrogens is 252 g/mol. The predicted octanol–water partition coefficient (Wildman–Crippen LogP) is 3.43. The second kappa shape index (κ2) is 4.71. The third-order valence-electron chi connectivity index (χ3n) is 3.29. The lowest BCUT2D eigenvalue weighted by molar-refractivity contribution is 0.101. The van der Waals surface area contributed by atoms with Gasteiger partial charge in [0.05, 0.1) is 17.2 Å². The number of furan rings is 1. The Balaban J connectivity index is 2.09. The number of nitriles is 1. The van der Waals surface area contributed by atoms with E-state index in [1.54, 1.807) is 30.5 Å². The Morgan fingerprint density at radius 1 is 1.35 bits per heavy atom. The highest BCUT2D eigenvalue weighted by molar-refractivity contribution is 6.15. The van der Waals surface area contributed by atoms with E-state index in [-0.39, 0.29) is 5.78 Å². The molecule has 0 fully saturated rings. The molecule has 0 amide bonds. The van der Waals surface area contributed by atoms with Crippen molar-refractivity contribution in [2.75, 3.05) is 0 Å². The molecule has 20 heavy (non-hydrogen) atoms. The van der Waals surface area contributed by atoms with Gasteiger partial charge in [0.15, 0.2) is 5.76 Å². The van der Waals surface area contributed by atoms with Crippen LogP contribution in [0.25, 0.3) is 10.9 Å². The smallest absolute Gasteiger partial charge is 0.230 e. The quantitative estimate of drug-likeness (QED) is 0.737. The summed E-state index contributed by atoms with van der Waals surface area (Å²) in [5.74, 6) is 0.932. The third kappa shape index (κ3) is 1.90. The van der Waals surface area contributed by atoms with Crippen molar-refractivity contribution in [3.8, 4) is 6.07 Å². The van der Waals surface area contributed by atoms with Gasteiger partial charge in [-0.05, 0) is 30.3 Å². The van der Waals surface area contributed by atoms with E-state index in [0.29, 0.717) is 16.9 Å². The summed E-state index contributed by atoms with van der Waals surface area (Å²) in [6, 6.07) is 10.8. The molecule has 0 aliphatic rings. The zero-order valence-electron chi connectivity index (χ0n) is 10.9. The Morgan fingerprint density at radius 2 is 2.20 bits per heavy atom. The average Bonchev–Trinajstić information content (AvgIpc) is 3.12. The molecule has 1 N–H and O–H groups in total. The lowest BCUT2D eigenvalue weighted by Gasteiger charge is -1.97. The van der Waals surface area contributed by atoms with Crippen LogP contribution in [-0.2, 0) is 6.42 Å². The van der Waals surface area contributed by atoms with Crippen LogP contribution >= 0.6 is 0 Å². The second-order valence-electron chi connectivity index (χ2n) is 4.52. The SMILES string of the molecule is CCc1ccc(C(=O)c2c[nH]c3ccc(C#N)cc23)o1. The van der Waals surface area contributed by atoms with Gasteiger partial charge in [0.2, 0.25) is 5.78 Å². The summed E-state index contributed by atoms with van der Waals surface area (Å²) in [5, 5.41) is 9.69. The molecule has 0 bridgehead atoms. The number of aromatic amines is 1. The highest BCUT2D eigenvalue weighted by Crippen LogP contribution is 2.23.